The number of urea groups is 1. The van der Waals surface area contributed by atoms with Gasteiger partial charge in [0.15, 0.2) is 0 Å². The molecule has 1 heterocycles. The Morgan fingerprint density at radius 1 is 1.00 bits per heavy atom. The number of ether oxygens (including phenoxy) is 1. The van der Waals surface area contributed by atoms with Crippen LogP contribution in [0.25, 0.3) is 5.69 Å². The second-order valence-electron chi connectivity index (χ2n) is 5.85. The van der Waals surface area contributed by atoms with E-state index < -0.39 is 0 Å². The summed E-state index contributed by atoms with van der Waals surface area (Å²) in [5, 5.41) is 5.79. The molecule has 26 heavy (non-hydrogen) atoms. The topological polar surface area (TPSA) is 55.3 Å². The van der Waals surface area contributed by atoms with Gasteiger partial charge in [0.1, 0.15) is 0 Å². The number of aromatic nitrogens is 1. The molecule has 0 radical (unpaired) electrons. The van der Waals surface area contributed by atoms with Crippen molar-refractivity contribution < 1.29 is 9.53 Å². The first-order valence-corrected chi connectivity index (χ1v) is 8.69. The van der Waals surface area contributed by atoms with Gasteiger partial charge in [-0.3, -0.25) is 0 Å². The van der Waals surface area contributed by atoms with Crippen molar-refractivity contribution in [3.05, 3.63) is 84.2 Å². The van der Waals surface area contributed by atoms with Gasteiger partial charge < -0.3 is 19.9 Å². The van der Waals surface area contributed by atoms with Crippen LogP contribution in [0.5, 0.6) is 0 Å². The second-order valence-corrected chi connectivity index (χ2v) is 5.85. The molecule has 0 aliphatic rings. The van der Waals surface area contributed by atoms with Crippen LogP contribution >= 0.6 is 0 Å². The van der Waals surface area contributed by atoms with Gasteiger partial charge in [-0.05, 0) is 48.4 Å². The average Bonchev–Trinajstić information content (AvgIpc) is 3.20. The summed E-state index contributed by atoms with van der Waals surface area (Å²) in [7, 11) is 0. The Hall–Kier alpha value is -3.05. The summed E-state index contributed by atoms with van der Waals surface area (Å²) in [4.78, 5) is 12.2. The molecule has 0 aliphatic carbocycles. The van der Waals surface area contributed by atoms with Crippen molar-refractivity contribution in [2.45, 2.75) is 20.1 Å². The van der Waals surface area contributed by atoms with Crippen LogP contribution < -0.4 is 10.6 Å². The first-order chi connectivity index (χ1) is 12.8. The van der Waals surface area contributed by atoms with Crippen molar-refractivity contribution in [3.63, 3.8) is 0 Å². The van der Waals surface area contributed by atoms with Gasteiger partial charge in [-0.25, -0.2) is 4.79 Å². The summed E-state index contributed by atoms with van der Waals surface area (Å²) in [5.41, 5.74) is 3.88. The lowest BCUT2D eigenvalue weighted by Crippen LogP contribution is -2.28. The minimum atomic E-state index is -0.235. The summed E-state index contributed by atoms with van der Waals surface area (Å²) in [5.74, 6) is 0. The van der Waals surface area contributed by atoms with Crippen molar-refractivity contribution in [1.82, 2.24) is 9.88 Å². The number of carbonyl (C=O) groups excluding carboxylic acids is 1. The SMILES string of the molecule is CCOCc1ccccc1CNC(=O)Nc1cccc(-n2cccc2)c1. The molecule has 0 atom stereocenters. The minimum Gasteiger partial charge on any atom is -0.377 e. The number of nitrogens with zero attached hydrogens (tertiary/aromatic N) is 1. The Kier molecular flexibility index (Phi) is 6.06. The Morgan fingerprint density at radius 3 is 2.54 bits per heavy atom. The highest BCUT2D eigenvalue weighted by Crippen LogP contribution is 2.15. The number of hydrogen-bond acceptors (Lipinski definition) is 2. The molecule has 0 fully saturated rings. The van der Waals surface area contributed by atoms with Crippen LogP contribution in [0, 0.1) is 0 Å². The molecule has 1 aromatic heterocycles. The number of carbonyl (C=O) groups is 1. The molecule has 0 saturated heterocycles. The maximum atomic E-state index is 12.2. The molecular formula is C21H23N3O2. The van der Waals surface area contributed by atoms with Crippen LogP contribution in [0.4, 0.5) is 10.5 Å². The minimum absolute atomic E-state index is 0.235. The van der Waals surface area contributed by atoms with Crippen LogP contribution in [-0.4, -0.2) is 17.2 Å². The molecule has 0 bridgehead atoms. The zero-order valence-electron chi connectivity index (χ0n) is 14.8. The average molecular weight is 349 g/mol. The molecule has 2 amide bonds. The third-order valence-corrected chi connectivity index (χ3v) is 4.03. The van der Waals surface area contributed by atoms with Gasteiger partial charge in [0.05, 0.1) is 6.61 Å². The maximum absolute atomic E-state index is 12.2. The second kappa shape index (κ2) is 8.87. The summed E-state index contributed by atoms with van der Waals surface area (Å²) in [6.07, 6.45) is 3.93. The third kappa shape index (κ3) is 4.74. The quantitative estimate of drug-likeness (QED) is 0.667. The molecular weight excluding hydrogens is 326 g/mol. The fourth-order valence-electron chi connectivity index (χ4n) is 2.68. The monoisotopic (exact) mass is 349 g/mol. The van der Waals surface area contributed by atoms with E-state index in [0.717, 1.165) is 22.5 Å². The van der Waals surface area contributed by atoms with Gasteiger partial charge in [0.25, 0.3) is 0 Å². The van der Waals surface area contributed by atoms with Crippen LogP contribution in [-0.2, 0) is 17.9 Å². The van der Waals surface area contributed by atoms with E-state index >= 15 is 0 Å². The number of benzene rings is 2. The zero-order valence-corrected chi connectivity index (χ0v) is 14.8. The fourth-order valence-corrected chi connectivity index (χ4v) is 2.68. The lowest BCUT2D eigenvalue weighted by molar-refractivity contribution is 0.133. The number of rotatable bonds is 7. The number of nitrogens with one attached hydrogen (secondary N) is 2. The molecule has 3 rings (SSSR count). The van der Waals surface area contributed by atoms with E-state index in [9.17, 15) is 4.79 Å². The van der Waals surface area contributed by atoms with E-state index in [-0.39, 0.29) is 6.03 Å². The molecule has 5 nitrogen and oxygen atoms in total. The summed E-state index contributed by atoms with van der Waals surface area (Å²) in [6, 6.07) is 19.4. The lowest BCUT2D eigenvalue weighted by atomic mass is 10.1. The molecule has 0 aliphatic heterocycles. The Bertz CT molecular complexity index is 844. The van der Waals surface area contributed by atoms with Gasteiger partial charge in [-0.15, -0.1) is 0 Å². The predicted molar refractivity (Wildman–Crippen MR) is 103 cm³/mol. The van der Waals surface area contributed by atoms with E-state index in [0.29, 0.717) is 19.8 Å². The normalized spacial score (nSPS) is 10.5. The molecule has 2 N–H and O–H groups in total. The zero-order chi connectivity index (χ0) is 18.2. The fraction of sp³-hybridized carbons (Fsp3) is 0.190. The van der Waals surface area contributed by atoms with E-state index in [2.05, 4.69) is 10.6 Å². The van der Waals surface area contributed by atoms with Crippen molar-refractivity contribution in [1.29, 1.82) is 0 Å². The molecule has 134 valence electrons. The van der Waals surface area contributed by atoms with E-state index in [1.54, 1.807) is 0 Å². The lowest BCUT2D eigenvalue weighted by Gasteiger charge is -2.12. The van der Waals surface area contributed by atoms with E-state index in [4.69, 9.17) is 4.74 Å². The maximum Gasteiger partial charge on any atom is 0.319 e. The van der Waals surface area contributed by atoms with Crippen LogP contribution in [0.15, 0.2) is 73.1 Å². The number of anilines is 1. The van der Waals surface area contributed by atoms with Crippen LogP contribution in [0.1, 0.15) is 18.1 Å². The smallest absolute Gasteiger partial charge is 0.319 e. The van der Waals surface area contributed by atoms with Crippen molar-refractivity contribution in [3.8, 4) is 5.69 Å². The number of hydrogen-bond donors (Lipinski definition) is 2. The van der Waals surface area contributed by atoms with Gasteiger partial charge in [-0.2, -0.15) is 0 Å². The highest BCUT2D eigenvalue weighted by molar-refractivity contribution is 5.89. The van der Waals surface area contributed by atoms with Crippen LogP contribution in [0.3, 0.4) is 0 Å². The highest BCUT2D eigenvalue weighted by Gasteiger charge is 2.06. The molecule has 2 aromatic carbocycles. The number of amides is 2. The van der Waals surface area contributed by atoms with Gasteiger partial charge in [0.2, 0.25) is 0 Å². The Morgan fingerprint density at radius 2 is 1.77 bits per heavy atom. The van der Waals surface area contributed by atoms with Crippen molar-refractivity contribution >= 4 is 11.7 Å². The van der Waals surface area contributed by atoms with Gasteiger partial charge >= 0.3 is 6.03 Å². The Labute approximate surface area is 153 Å². The summed E-state index contributed by atoms with van der Waals surface area (Å²) >= 11 is 0. The molecule has 5 heteroatoms. The van der Waals surface area contributed by atoms with E-state index in [1.807, 2.05) is 84.5 Å². The molecule has 0 unspecified atom stereocenters. The van der Waals surface area contributed by atoms with Gasteiger partial charge in [-0.1, -0.05) is 30.3 Å². The molecule has 0 saturated carbocycles. The largest absolute Gasteiger partial charge is 0.377 e. The third-order valence-electron chi connectivity index (χ3n) is 4.03. The predicted octanol–water partition coefficient (Wildman–Crippen LogP) is 4.34. The first kappa shape index (κ1) is 17.8. The summed E-state index contributed by atoms with van der Waals surface area (Å²) < 4.78 is 7.47. The molecule has 0 spiro atoms. The summed E-state index contributed by atoms with van der Waals surface area (Å²) in [6.45, 7) is 3.64. The standard InChI is InChI=1S/C21H23N3O2/c1-2-26-16-18-9-4-3-8-17(18)15-22-21(25)23-19-10-7-11-20(14-19)24-12-5-6-13-24/h3-14H,2,15-16H2,1H3,(H2,22,23,25). The highest BCUT2D eigenvalue weighted by atomic mass is 16.5. The first-order valence-electron chi connectivity index (χ1n) is 8.69. The molecule has 3 aromatic rings. The van der Waals surface area contributed by atoms with Gasteiger partial charge in [0, 0.05) is 36.9 Å². The van der Waals surface area contributed by atoms with Crippen LogP contribution in [0.2, 0.25) is 0 Å². The van der Waals surface area contributed by atoms with E-state index in [1.165, 1.54) is 0 Å². The Balaban J connectivity index is 1.59. The van der Waals surface area contributed by atoms with Crippen molar-refractivity contribution in [2.75, 3.05) is 11.9 Å². The van der Waals surface area contributed by atoms with Crippen molar-refractivity contribution in [2.24, 2.45) is 0 Å².